The van der Waals surface area contributed by atoms with Crippen molar-refractivity contribution in [2.75, 3.05) is 6.61 Å². The Morgan fingerprint density at radius 2 is 2.07 bits per heavy atom. The van der Waals surface area contributed by atoms with Gasteiger partial charge in [-0.2, -0.15) is 0 Å². The summed E-state index contributed by atoms with van der Waals surface area (Å²) < 4.78 is 11.9. The molecule has 4 rings (SSSR count). The summed E-state index contributed by atoms with van der Waals surface area (Å²) in [6, 6.07) is 16.0. The standard InChI is InChI=1S/C22H23NO4/c1-2-22(13-20(24)25)21-17(10-11-27-22)18-12-16(8-9-19(18)23-21)26-14-15-6-4-3-5-7-15/h3-9,12,23H,2,10-11,13-14H2,1H3,(H,24,25). The van der Waals surface area contributed by atoms with Crippen LogP contribution in [0.3, 0.4) is 0 Å². The van der Waals surface area contributed by atoms with Crippen LogP contribution in [0.25, 0.3) is 10.9 Å². The van der Waals surface area contributed by atoms with E-state index >= 15 is 0 Å². The minimum absolute atomic E-state index is 0.0410. The number of aliphatic carboxylic acids is 1. The second kappa shape index (κ2) is 7.08. The van der Waals surface area contributed by atoms with Crippen molar-refractivity contribution in [2.24, 2.45) is 0 Å². The van der Waals surface area contributed by atoms with Crippen molar-refractivity contribution in [1.29, 1.82) is 0 Å². The smallest absolute Gasteiger partial charge is 0.306 e. The molecule has 3 aromatic rings. The largest absolute Gasteiger partial charge is 0.489 e. The molecule has 0 radical (unpaired) electrons. The fraction of sp³-hybridized carbons (Fsp3) is 0.318. The Morgan fingerprint density at radius 3 is 2.81 bits per heavy atom. The number of ether oxygens (including phenoxy) is 2. The van der Waals surface area contributed by atoms with Gasteiger partial charge in [0.2, 0.25) is 0 Å². The van der Waals surface area contributed by atoms with E-state index in [0.717, 1.165) is 39.9 Å². The first-order valence-electron chi connectivity index (χ1n) is 9.29. The molecule has 0 bridgehead atoms. The molecule has 1 unspecified atom stereocenters. The van der Waals surface area contributed by atoms with Crippen LogP contribution in [0.2, 0.25) is 0 Å². The predicted molar refractivity (Wildman–Crippen MR) is 103 cm³/mol. The molecular formula is C22H23NO4. The monoisotopic (exact) mass is 365 g/mol. The van der Waals surface area contributed by atoms with Crippen LogP contribution in [-0.4, -0.2) is 22.7 Å². The number of aromatic nitrogens is 1. The molecule has 2 aromatic carbocycles. The van der Waals surface area contributed by atoms with Gasteiger partial charge in [0.15, 0.2) is 0 Å². The third-order valence-corrected chi connectivity index (χ3v) is 5.32. The van der Waals surface area contributed by atoms with Crippen LogP contribution in [0, 0.1) is 0 Å². The first-order chi connectivity index (χ1) is 13.1. The Hall–Kier alpha value is -2.79. The van der Waals surface area contributed by atoms with Crippen molar-refractivity contribution >= 4 is 16.9 Å². The van der Waals surface area contributed by atoms with E-state index in [-0.39, 0.29) is 6.42 Å². The maximum atomic E-state index is 11.4. The maximum absolute atomic E-state index is 11.4. The maximum Gasteiger partial charge on any atom is 0.306 e. The van der Waals surface area contributed by atoms with E-state index in [9.17, 15) is 9.90 Å². The topological polar surface area (TPSA) is 71.5 Å². The Morgan fingerprint density at radius 1 is 1.26 bits per heavy atom. The summed E-state index contributed by atoms with van der Waals surface area (Å²) in [5.74, 6) is -0.0461. The lowest BCUT2D eigenvalue weighted by molar-refractivity contribution is -0.148. The number of nitrogens with one attached hydrogen (secondary N) is 1. The van der Waals surface area contributed by atoms with E-state index in [1.807, 2.05) is 55.5 Å². The van der Waals surface area contributed by atoms with Crippen molar-refractivity contribution in [2.45, 2.75) is 38.4 Å². The van der Waals surface area contributed by atoms with Crippen molar-refractivity contribution in [3.8, 4) is 5.75 Å². The highest BCUT2D eigenvalue weighted by Crippen LogP contribution is 2.42. The molecule has 5 nitrogen and oxygen atoms in total. The van der Waals surface area contributed by atoms with Crippen LogP contribution in [0.15, 0.2) is 48.5 Å². The van der Waals surface area contributed by atoms with Gasteiger partial charge in [0, 0.05) is 10.9 Å². The normalized spacial score (nSPS) is 19.0. The van der Waals surface area contributed by atoms with Crippen LogP contribution >= 0.6 is 0 Å². The molecule has 0 saturated heterocycles. The van der Waals surface area contributed by atoms with E-state index in [0.29, 0.717) is 19.6 Å². The minimum atomic E-state index is -0.852. The number of H-pyrrole nitrogens is 1. The van der Waals surface area contributed by atoms with Gasteiger partial charge in [-0.05, 0) is 42.2 Å². The highest BCUT2D eigenvalue weighted by molar-refractivity contribution is 5.87. The highest BCUT2D eigenvalue weighted by Gasteiger charge is 2.40. The number of carboxylic acids is 1. The number of fused-ring (bicyclic) bond motifs is 3. The Bertz CT molecular complexity index is 963. The van der Waals surface area contributed by atoms with Crippen molar-refractivity contribution < 1.29 is 19.4 Å². The van der Waals surface area contributed by atoms with Gasteiger partial charge >= 0.3 is 5.97 Å². The Kier molecular flexibility index (Phi) is 4.62. The molecule has 27 heavy (non-hydrogen) atoms. The Labute approximate surface area is 157 Å². The van der Waals surface area contributed by atoms with Gasteiger partial charge in [-0.3, -0.25) is 4.79 Å². The van der Waals surface area contributed by atoms with Crippen LogP contribution in [0.1, 0.15) is 36.6 Å². The number of hydrogen-bond donors (Lipinski definition) is 2. The van der Waals surface area contributed by atoms with Gasteiger partial charge in [0.1, 0.15) is 18.0 Å². The summed E-state index contributed by atoms with van der Waals surface area (Å²) >= 11 is 0. The molecule has 1 aromatic heterocycles. The number of carboxylic acid groups (broad SMARTS) is 1. The molecule has 140 valence electrons. The summed E-state index contributed by atoms with van der Waals surface area (Å²) in [6.07, 6.45) is 1.33. The average Bonchev–Trinajstić information content (AvgIpc) is 3.06. The van der Waals surface area contributed by atoms with Gasteiger partial charge in [-0.1, -0.05) is 37.3 Å². The zero-order valence-corrected chi connectivity index (χ0v) is 15.3. The summed E-state index contributed by atoms with van der Waals surface area (Å²) in [5.41, 5.74) is 3.36. The fourth-order valence-corrected chi connectivity index (χ4v) is 3.91. The van der Waals surface area contributed by atoms with E-state index in [1.165, 1.54) is 0 Å². The fourth-order valence-electron chi connectivity index (χ4n) is 3.91. The Balaban J connectivity index is 1.68. The molecule has 1 aliphatic rings. The average molecular weight is 365 g/mol. The van der Waals surface area contributed by atoms with Crippen LogP contribution < -0.4 is 4.74 Å². The SMILES string of the molecule is CCC1(CC(=O)O)OCCc2c1[nH]c1ccc(OCc3ccccc3)cc21. The zero-order valence-electron chi connectivity index (χ0n) is 15.3. The molecule has 0 spiro atoms. The lowest BCUT2D eigenvalue weighted by atomic mass is 9.86. The van der Waals surface area contributed by atoms with Gasteiger partial charge in [0.05, 0.1) is 18.7 Å². The van der Waals surface area contributed by atoms with Crippen molar-refractivity contribution in [3.05, 3.63) is 65.4 Å². The summed E-state index contributed by atoms with van der Waals surface area (Å²) in [7, 11) is 0. The number of rotatable bonds is 6. The number of carbonyl (C=O) groups is 1. The summed E-state index contributed by atoms with van der Waals surface area (Å²) in [4.78, 5) is 14.8. The van der Waals surface area contributed by atoms with Gasteiger partial charge < -0.3 is 19.6 Å². The number of benzene rings is 2. The lowest BCUT2D eigenvalue weighted by Gasteiger charge is -2.35. The van der Waals surface area contributed by atoms with E-state index in [4.69, 9.17) is 9.47 Å². The zero-order chi connectivity index (χ0) is 18.9. The molecule has 1 atom stereocenters. The molecule has 0 amide bonds. The molecule has 0 saturated carbocycles. The van der Waals surface area contributed by atoms with E-state index in [1.54, 1.807) is 0 Å². The molecule has 0 aliphatic carbocycles. The van der Waals surface area contributed by atoms with Crippen LogP contribution in [-0.2, 0) is 28.2 Å². The molecular weight excluding hydrogens is 342 g/mol. The van der Waals surface area contributed by atoms with Crippen molar-refractivity contribution in [1.82, 2.24) is 4.98 Å². The summed E-state index contributed by atoms with van der Waals surface area (Å²) in [5, 5.41) is 10.5. The third kappa shape index (κ3) is 3.30. The molecule has 5 heteroatoms. The predicted octanol–water partition coefficient (Wildman–Crippen LogP) is 4.40. The second-order valence-electron chi connectivity index (χ2n) is 6.98. The quantitative estimate of drug-likeness (QED) is 0.679. The minimum Gasteiger partial charge on any atom is -0.489 e. The number of hydrogen-bond acceptors (Lipinski definition) is 3. The molecule has 1 aliphatic heterocycles. The molecule has 2 heterocycles. The van der Waals surface area contributed by atoms with Gasteiger partial charge in [0.25, 0.3) is 0 Å². The molecule has 2 N–H and O–H groups in total. The van der Waals surface area contributed by atoms with Crippen molar-refractivity contribution in [3.63, 3.8) is 0 Å². The third-order valence-electron chi connectivity index (χ3n) is 5.32. The first-order valence-corrected chi connectivity index (χ1v) is 9.29. The first kappa shape index (κ1) is 17.6. The van der Waals surface area contributed by atoms with E-state index in [2.05, 4.69) is 4.98 Å². The highest BCUT2D eigenvalue weighted by atomic mass is 16.5. The molecule has 0 fully saturated rings. The summed E-state index contributed by atoms with van der Waals surface area (Å²) in [6.45, 7) is 3.01. The lowest BCUT2D eigenvalue weighted by Crippen LogP contribution is -2.37. The van der Waals surface area contributed by atoms with Crippen LogP contribution in [0.4, 0.5) is 0 Å². The second-order valence-corrected chi connectivity index (χ2v) is 6.98. The van der Waals surface area contributed by atoms with E-state index < -0.39 is 11.6 Å². The van der Waals surface area contributed by atoms with Gasteiger partial charge in [-0.25, -0.2) is 0 Å². The van der Waals surface area contributed by atoms with Crippen LogP contribution in [0.5, 0.6) is 5.75 Å². The van der Waals surface area contributed by atoms with Gasteiger partial charge in [-0.15, -0.1) is 0 Å². The number of aromatic amines is 1.